The Kier molecular flexibility index (Phi) is 4.12. The van der Waals surface area contributed by atoms with Gasteiger partial charge in [0.2, 0.25) is 0 Å². The van der Waals surface area contributed by atoms with E-state index in [1.165, 1.54) is 15.3 Å². The summed E-state index contributed by atoms with van der Waals surface area (Å²) in [4.78, 5) is 2.49. The molecule has 0 aliphatic heterocycles. The minimum Gasteiger partial charge on any atom is -0.366 e. The van der Waals surface area contributed by atoms with Crippen molar-refractivity contribution in [3.05, 3.63) is 44.3 Å². The molecule has 1 atom stereocenters. The first kappa shape index (κ1) is 11.8. The van der Waals surface area contributed by atoms with Gasteiger partial charge in [-0.1, -0.05) is 6.07 Å². The Balaban J connectivity index is 1.99. The van der Waals surface area contributed by atoms with Crippen LogP contribution in [0.3, 0.4) is 0 Å². The molecule has 0 aliphatic rings. The molecule has 0 bridgehead atoms. The third kappa shape index (κ3) is 2.71. The van der Waals surface area contributed by atoms with Gasteiger partial charge in [0.1, 0.15) is 6.10 Å². The second kappa shape index (κ2) is 5.59. The van der Waals surface area contributed by atoms with Crippen LogP contribution >= 0.6 is 22.7 Å². The molecule has 2 heterocycles. The lowest BCUT2D eigenvalue weighted by Crippen LogP contribution is -2.15. The maximum Gasteiger partial charge on any atom is 0.105 e. The second-order valence-electron chi connectivity index (χ2n) is 3.58. The average molecular weight is 253 g/mol. The van der Waals surface area contributed by atoms with Crippen LogP contribution in [0.4, 0.5) is 0 Å². The van der Waals surface area contributed by atoms with Crippen molar-refractivity contribution >= 4 is 22.7 Å². The van der Waals surface area contributed by atoms with Crippen molar-refractivity contribution < 1.29 is 4.74 Å². The number of hydrogen-bond acceptors (Lipinski definition) is 4. The van der Waals surface area contributed by atoms with Gasteiger partial charge in [0.25, 0.3) is 0 Å². The summed E-state index contributed by atoms with van der Waals surface area (Å²) in [6.07, 6.45) is 0.0297. The molecule has 0 saturated carbocycles. The number of aryl methyl sites for hydroxylation is 1. The highest BCUT2D eigenvalue weighted by Crippen LogP contribution is 2.27. The maximum atomic E-state index is 5.86. The summed E-state index contributed by atoms with van der Waals surface area (Å²) in [5.41, 5.74) is 7.03. The highest BCUT2D eigenvalue weighted by atomic mass is 32.1. The summed E-state index contributed by atoms with van der Waals surface area (Å²) in [5, 5.41) is 4.15. The molecular weight excluding hydrogens is 238 g/mol. The van der Waals surface area contributed by atoms with Crippen LogP contribution in [0.5, 0.6) is 0 Å². The van der Waals surface area contributed by atoms with Crippen molar-refractivity contribution in [3.8, 4) is 0 Å². The van der Waals surface area contributed by atoms with Crippen LogP contribution in [-0.2, 0) is 11.3 Å². The summed E-state index contributed by atoms with van der Waals surface area (Å²) in [6.45, 7) is 3.28. The van der Waals surface area contributed by atoms with E-state index in [-0.39, 0.29) is 6.10 Å². The highest BCUT2D eigenvalue weighted by molar-refractivity contribution is 7.10. The van der Waals surface area contributed by atoms with Gasteiger partial charge in [-0.3, -0.25) is 0 Å². The Morgan fingerprint density at radius 2 is 2.19 bits per heavy atom. The SMILES string of the molecule is Cc1ccsc1C(CN)OCc1cccs1. The lowest BCUT2D eigenvalue weighted by atomic mass is 10.2. The Bertz CT molecular complexity index is 422. The van der Waals surface area contributed by atoms with E-state index in [1.54, 1.807) is 22.7 Å². The van der Waals surface area contributed by atoms with E-state index in [9.17, 15) is 0 Å². The monoisotopic (exact) mass is 253 g/mol. The fourth-order valence-electron chi connectivity index (χ4n) is 1.54. The van der Waals surface area contributed by atoms with Gasteiger partial charge in [-0.15, -0.1) is 22.7 Å². The molecule has 16 heavy (non-hydrogen) atoms. The van der Waals surface area contributed by atoms with E-state index in [4.69, 9.17) is 10.5 Å². The Labute approximate surface area is 104 Å². The van der Waals surface area contributed by atoms with E-state index in [0.29, 0.717) is 13.2 Å². The summed E-state index contributed by atoms with van der Waals surface area (Å²) >= 11 is 3.43. The Morgan fingerprint density at radius 3 is 2.75 bits per heavy atom. The zero-order chi connectivity index (χ0) is 11.4. The summed E-state index contributed by atoms with van der Waals surface area (Å²) in [5.74, 6) is 0. The Hall–Kier alpha value is -0.680. The molecule has 2 rings (SSSR count). The van der Waals surface area contributed by atoms with Crippen LogP contribution in [0.25, 0.3) is 0 Å². The fraction of sp³-hybridized carbons (Fsp3) is 0.333. The second-order valence-corrected chi connectivity index (χ2v) is 5.56. The van der Waals surface area contributed by atoms with Gasteiger partial charge in [0.05, 0.1) is 6.61 Å². The number of ether oxygens (including phenoxy) is 1. The molecule has 2 N–H and O–H groups in total. The molecule has 0 aromatic carbocycles. The van der Waals surface area contributed by atoms with E-state index in [1.807, 2.05) is 6.07 Å². The van der Waals surface area contributed by atoms with Gasteiger partial charge in [0, 0.05) is 16.3 Å². The van der Waals surface area contributed by atoms with Gasteiger partial charge in [-0.25, -0.2) is 0 Å². The van der Waals surface area contributed by atoms with Crippen molar-refractivity contribution in [1.29, 1.82) is 0 Å². The predicted molar refractivity (Wildman–Crippen MR) is 70.0 cm³/mol. The molecule has 0 saturated heterocycles. The lowest BCUT2D eigenvalue weighted by Gasteiger charge is -2.15. The lowest BCUT2D eigenvalue weighted by molar-refractivity contribution is 0.0493. The zero-order valence-corrected chi connectivity index (χ0v) is 10.8. The molecular formula is C12H15NOS2. The first-order valence-electron chi connectivity index (χ1n) is 5.19. The smallest absolute Gasteiger partial charge is 0.105 e. The first-order chi connectivity index (χ1) is 7.81. The summed E-state index contributed by atoms with van der Waals surface area (Å²) in [7, 11) is 0. The first-order valence-corrected chi connectivity index (χ1v) is 6.95. The van der Waals surface area contributed by atoms with Crippen molar-refractivity contribution in [2.75, 3.05) is 6.54 Å². The van der Waals surface area contributed by atoms with Gasteiger partial charge < -0.3 is 10.5 Å². The van der Waals surface area contributed by atoms with Gasteiger partial charge in [0.15, 0.2) is 0 Å². The van der Waals surface area contributed by atoms with E-state index >= 15 is 0 Å². The predicted octanol–water partition coefficient (Wildman–Crippen LogP) is 3.33. The number of hydrogen-bond donors (Lipinski definition) is 1. The highest BCUT2D eigenvalue weighted by Gasteiger charge is 2.14. The molecule has 0 radical (unpaired) electrons. The molecule has 0 spiro atoms. The molecule has 2 nitrogen and oxygen atoms in total. The minimum absolute atomic E-state index is 0.0297. The van der Waals surface area contributed by atoms with Crippen LogP contribution < -0.4 is 5.73 Å². The summed E-state index contributed by atoms with van der Waals surface area (Å²) in [6, 6.07) is 6.23. The van der Waals surface area contributed by atoms with Crippen molar-refractivity contribution in [1.82, 2.24) is 0 Å². The van der Waals surface area contributed by atoms with Crippen LogP contribution in [0, 0.1) is 6.92 Å². The van der Waals surface area contributed by atoms with E-state index in [2.05, 4.69) is 29.8 Å². The third-order valence-electron chi connectivity index (χ3n) is 2.42. The molecule has 1 unspecified atom stereocenters. The van der Waals surface area contributed by atoms with Crippen LogP contribution in [-0.4, -0.2) is 6.54 Å². The van der Waals surface area contributed by atoms with Gasteiger partial charge in [-0.2, -0.15) is 0 Å². The molecule has 0 fully saturated rings. The molecule has 2 aromatic heterocycles. The zero-order valence-electron chi connectivity index (χ0n) is 9.18. The van der Waals surface area contributed by atoms with Crippen molar-refractivity contribution in [2.24, 2.45) is 5.73 Å². The van der Waals surface area contributed by atoms with E-state index in [0.717, 1.165) is 0 Å². The van der Waals surface area contributed by atoms with Gasteiger partial charge >= 0.3 is 0 Å². The molecule has 86 valence electrons. The maximum absolute atomic E-state index is 5.86. The molecule has 0 aliphatic carbocycles. The minimum atomic E-state index is 0.0297. The third-order valence-corrected chi connectivity index (χ3v) is 4.38. The van der Waals surface area contributed by atoms with Crippen LogP contribution in [0.2, 0.25) is 0 Å². The van der Waals surface area contributed by atoms with Gasteiger partial charge in [-0.05, 0) is 35.4 Å². The number of thiophene rings is 2. The molecule has 0 amide bonds. The number of rotatable bonds is 5. The topological polar surface area (TPSA) is 35.2 Å². The standard InChI is InChI=1S/C12H15NOS2/c1-9-4-6-16-12(9)11(7-13)14-8-10-3-2-5-15-10/h2-6,11H,7-8,13H2,1H3. The molecule has 4 heteroatoms. The van der Waals surface area contributed by atoms with Crippen LogP contribution in [0.1, 0.15) is 21.4 Å². The van der Waals surface area contributed by atoms with Crippen LogP contribution in [0.15, 0.2) is 29.0 Å². The van der Waals surface area contributed by atoms with Crippen molar-refractivity contribution in [3.63, 3.8) is 0 Å². The summed E-state index contributed by atoms with van der Waals surface area (Å²) < 4.78 is 5.86. The average Bonchev–Trinajstić information content (AvgIpc) is 2.92. The fourth-order valence-corrected chi connectivity index (χ4v) is 3.16. The largest absolute Gasteiger partial charge is 0.366 e. The quantitative estimate of drug-likeness (QED) is 0.887. The normalized spacial score (nSPS) is 12.9. The van der Waals surface area contributed by atoms with E-state index < -0.39 is 0 Å². The van der Waals surface area contributed by atoms with Crippen molar-refractivity contribution in [2.45, 2.75) is 19.6 Å². The Morgan fingerprint density at radius 1 is 1.31 bits per heavy atom. The molecule has 2 aromatic rings. The number of nitrogens with two attached hydrogens (primary N) is 1.